The molecule has 2 fully saturated rings. The molecule has 0 amide bonds. The Kier molecular flexibility index (Phi) is 2.89. The number of fused-ring (bicyclic) bond motifs is 1. The van der Waals surface area contributed by atoms with E-state index in [4.69, 9.17) is 0 Å². The highest BCUT2D eigenvalue weighted by Gasteiger charge is 2.37. The van der Waals surface area contributed by atoms with Crippen molar-refractivity contribution in [2.24, 2.45) is 0 Å². The summed E-state index contributed by atoms with van der Waals surface area (Å²) in [6, 6.07) is 7.40. The molecule has 4 nitrogen and oxygen atoms in total. The van der Waals surface area contributed by atoms with Gasteiger partial charge < -0.3 is 10.6 Å². The molecule has 17 heavy (non-hydrogen) atoms. The lowest BCUT2D eigenvalue weighted by molar-refractivity contribution is 0.318. The molecule has 2 atom stereocenters. The van der Waals surface area contributed by atoms with E-state index in [0.29, 0.717) is 6.04 Å². The first-order valence-electron chi connectivity index (χ1n) is 6.52. The lowest BCUT2D eigenvalue weighted by Crippen LogP contribution is -2.34. The van der Waals surface area contributed by atoms with Gasteiger partial charge in [0.15, 0.2) is 0 Å². The van der Waals surface area contributed by atoms with Gasteiger partial charge >= 0.3 is 0 Å². The molecule has 0 aromatic carbocycles. The Hall–Kier alpha value is -1.29. The average Bonchev–Trinajstić information content (AvgIpc) is 2.94. The Balaban J connectivity index is 1.70. The van der Waals surface area contributed by atoms with E-state index in [1.807, 2.05) is 19.2 Å². The summed E-state index contributed by atoms with van der Waals surface area (Å²) in [7, 11) is 1.90. The fraction of sp³-hybridized carbons (Fsp3) is 0.615. The van der Waals surface area contributed by atoms with Crippen LogP contribution >= 0.6 is 0 Å². The highest BCUT2D eigenvalue weighted by atomic mass is 15.2. The van der Waals surface area contributed by atoms with Crippen LogP contribution in [0, 0.1) is 0 Å². The molecule has 0 saturated carbocycles. The van der Waals surface area contributed by atoms with Crippen LogP contribution in [0.2, 0.25) is 0 Å². The van der Waals surface area contributed by atoms with E-state index in [0.717, 1.165) is 17.7 Å². The maximum Gasteiger partial charge on any atom is 0.128 e. The van der Waals surface area contributed by atoms with Gasteiger partial charge in [0.2, 0.25) is 0 Å². The Bertz CT molecular complexity index is 393. The Labute approximate surface area is 102 Å². The first-order valence-corrected chi connectivity index (χ1v) is 6.52. The van der Waals surface area contributed by atoms with E-state index >= 15 is 0 Å². The summed E-state index contributed by atoms with van der Waals surface area (Å²) < 4.78 is 0. The number of nitrogens with one attached hydrogen (secondary N) is 2. The third-order valence-electron chi connectivity index (χ3n) is 3.94. The van der Waals surface area contributed by atoms with Gasteiger partial charge in [-0.25, -0.2) is 4.98 Å². The largest absolute Gasteiger partial charge is 0.373 e. The van der Waals surface area contributed by atoms with E-state index in [9.17, 15) is 0 Å². The molecule has 2 aliphatic rings. The maximum absolute atomic E-state index is 4.53. The summed E-state index contributed by atoms with van der Waals surface area (Å²) in [5.74, 6) is 1.92. The molecular weight excluding hydrogens is 212 g/mol. The number of pyridine rings is 1. The number of nitrogens with zero attached hydrogens (tertiary/aromatic N) is 2. The second-order valence-corrected chi connectivity index (χ2v) is 4.94. The monoisotopic (exact) mass is 232 g/mol. The SMILES string of the molecule is CNc1cccc(NC2CCN3CCCC23)n1. The molecule has 2 unspecified atom stereocenters. The third kappa shape index (κ3) is 2.09. The zero-order valence-electron chi connectivity index (χ0n) is 10.3. The second kappa shape index (κ2) is 4.53. The van der Waals surface area contributed by atoms with Gasteiger partial charge in [-0.15, -0.1) is 0 Å². The molecular formula is C13H20N4. The van der Waals surface area contributed by atoms with Crippen LogP contribution in [-0.2, 0) is 0 Å². The molecule has 0 aliphatic carbocycles. The van der Waals surface area contributed by atoms with Crippen molar-refractivity contribution in [2.45, 2.75) is 31.3 Å². The fourth-order valence-corrected chi connectivity index (χ4v) is 3.10. The van der Waals surface area contributed by atoms with Crippen LogP contribution in [0.25, 0.3) is 0 Å². The number of aromatic nitrogens is 1. The van der Waals surface area contributed by atoms with Crippen molar-refractivity contribution in [1.29, 1.82) is 0 Å². The highest BCUT2D eigenvalue weighted by molar-refractivity contribution is 5.45. The average molecular weight is 232 g/mol. The molecule has 92 valence electrons. The molecule has 2 saturated heterocycles. The predicted octanol–water partition coefficient (Wildman–Crippen LogP) is 1.77. The summed E-state index contributed by atoms with van der Waals surface area (Å²) in [6.45, 7) is 2.53. The highest BCUT2D eigenvalue weighted by Crippen LogP contribution is 2.29. The predicted molar refractivity (Wildman–Crippen MR) is 70.4 cm³/mol. The van der Waals surface area contributed by atoms with Crippen LogP contribution in [0.5, 0.6) is 0 Å². The summed E-state index contributed by atoms with van der Waals surface area (Å²) in [6.07, 6.45) is 3.94. The van der Waals surface area contributed by atoms with Crippen molar-refractivity contribution in [2.75, 3.05) is 30.8 Å². The molecule has 2 N–H and O–H groups in total. The number of hydrogen-bond donors (Lipinski definition) is 2. The first-order chi connectivity index (χ1) is 8.36. The third-order valence-corrected chi connectivity index (χ3v) is 3.94. The van der Waals surface area contributed by atoms with Crippen LogP contribution in [0.4, 0.5) is 11.6 Å². The molecule has 1 aromatic rings. The van der Waals surface area contributed by atoms with E-state index in [1.165, 1.54) is 32.4 Å². The molecule has 0 spiro atoms. The lowest BCUT2D eigenvalue weighted by atomic mass is 10.1. The normalized spacial score (nSPS) is 28.1. The molecule has 1 aromatic heterocycles. The number of hydrogen-bond acceptors (Lipinski definition) is 4. The van der Waals surface area contributed by atoms with Crippen LogP contribution < -0.4 is 10.6 Å². The summed E-state index contributed by atoms with van der Waals surface area (Å²) in [4.78, 5) is 7.14. The smallest absolute Gasteiger partial charge is 0.128 e. The lowest BCUT2D eigenvalue weighted by Gasteiger charge is -2.21. The van der Waals surface area contributed by atoms with Crippen LogP contribution in [0.1, 0.15) is 19.3 Å². The van der Waals surface area contributed by atoms with Crippen molar-refractivity contribution in [3.05, 3.63) is 18.2 Å². The van der Waals surface area contributed by atoms with Crippen molar-refractivity contribution >= 4 is 11.6 Å². The second-order valence-electron chi connectivity index (χ2n) is 4.94. The van der Waals surface area contributed by atoms with Gasteiger partial charge in [-0.1, -0.05) is 6.07 Å². The van der Waals surface area contributed by atoms with E-state index in [1.54, 1.807) is 0 Å². The van der Waals surface area contributed by atoms with E-state index < -0.39 is 0 Å². The molecule has 0 bridgehead atoms. The quantitative estimate of drug-likeness (QED) is 0.833. The zero-order valence-corrected chi connectivity index (χ0v) is 10.3. The van der Waals surface area contributed by atoms with Gasteiger partial charge in [0, 0.05) is 25.7 Å². The zero-order chi connectivity index (χ0) is 11.7. The minimum atomic E-state index is 0.581. The maximum atomic E-state index is 4.53. The molecule has 3 rings (SSSR count). The van der Waals surface area contributed by atoms with Gasteiger partial charge in [-0.05, 0) is 37.9 Å². The Morgan fingerprint density at radius 2 is 2.12 bits per heavy atom. The number of anilines is 2. The minimum Gasteiger partial charge on any atom is -0.373 e. The van der Waals surface area contributed by atoms with Gasteiger partial charge in [0.05, 0.1) is 0 Å². The van der Waals surface area contributed by atoms with E-state index in [-0.39, 0.29) is 0 Å². The van der Waals surface area contributed by atoms with Gasteiger partial charge in [0.1, 0.15) is 11.6 Å². The van der Waals surface area contributed by atoms with Crippen molar-refractivity contribution in [3.8, 4) is 0 Å². The molecule has 3 heterocycles. The van der Waals surface area contributed by atoms with Gasteiger partial charge in [0.25, 0.3) is 0 Å². The van der Waals surface area contributed by atoms with E-state index in [2.05, 4.69) is 26.6 Å². The Morgan fingerprint density at radius 3 is 3.00 bits per heavy atom. The minimum absolute atomic E-state index is 0.581. The summed E-state index contributed by atoms with van der Waals surface area (Å²) in [5.41, 5.74) is 0. The topological polar surface area (TPSA) is 40.2 Å². The fourth-order valence-electron chi connectivity index (χ4n) is 3.10. The van der Waals surface area contributed by atoms with Crippen LogP contribution in [-0.4, -0.2) is 42.1 Å². The first kappa shape index (κ1) is 10.8. The Morgan fingerprint density at radius 1 is 1.24 bits per heavy atom. The van der Waals surface area contributed by atoms with Gasteiger partial charge in [-0.2, -0.15) is 0 Å². The van der Waals surface area contributed by atoms with Crippen LogP contribution in [0.3, 0.4) is 0 Å². The standard InChI is InChI=1S/C13H20N4/c1-14-12-5-2-6-13(16-12)15-10-7-9-17-8-3-4-11(10)17/h2,5-6,10-11H,3-4,7-9H2,1H3,(H2,14,15,16). The number of rotatable bonds is 3. The van der Waals surface area contributed by atoms with Crippen molar-refractivity contribution in [1.82, 2.24) is 9.88 Å². The van der Waals surface area contributed by atoms with Crippen molar-refractivity contribution < 1.29 is 0 Å². The molecule has 4 heteroatoms. The summed E-state index contributed by atoms with van der Waals surface area (Å²) in [5, 5.41) is 6.67. The molecule has 2 aliphatic heterocycles. The van der Waals surface area contributed by atoms with Gasteiger partial charge in [-0.3, -0.25) is 4.90 Å². The summed E-state index contributed by atoms with van der Waals surface area (Å²) >= 11 is 0. The van der Waals surface area contributed by atoms with Crippen molar-refractivity contribution in [3.63, 3.8) is 0 Å². The van der Waals surface area contributed by atoms with Crippen LogP contribution in [0.15, 0.2) is 18.2 Å². The molecule has 0 radical (unpaired) electrons.